The summed E-state index contributed by atoms with van der Waals surface area (Å²) in [6, 6.07) is -0.501. The second-order valence-corrected chi connectivity index (χ2v) is 5.64. The van der Waals surface area contributed by atoms with Crippen LogP contribution in [0.2, 0.25) is 0 Å². The van der Waals surface area contributed by atoms with E-state index in [0.29, 0.717) is 19.4 Å². The molecule has 0 saturated carbocycles. The smallest absolute Gasteiger partial charge is 0.323 e. The molecule has 1 unspecified atom stereocenters. The van der Waals surface area contributed by atoms with E-state index in [1.807, 2.05) is 0 Å². The number of hydrogen-bond donors (Lipinski definition) is 3. The first kappa shape index (κ1) is 15.3. The highest BCUT2D eigenvalue weighted by Crippen LogP contribution is 2.13. The Morgan fingerprint density at radius 1 is 1.47 bits per heavy atom. The maximum atomic E-state index is 12.0. The van der Waals surface area contributed by atoms with Gasteiger partial charge in [-0.05, 0) is 27.2 Å². The second-order valence-electron chi connectivity index (χ2n) is 5.64. The molecule has 0 aromatic heterocycles. The van der Waals surface area contributed by atoms with Crippen molar-refractivity contribution in [1.82, 2.24) is 15.5 Å². The summed E-state index contributed by atoms with van der Waals surface area (Å²) < 4.78 is 0. The van der Waals surface area contributed by atoms with Crippen LogP contribution < -0.4 is 10.6 Å². The van der Waals surface area contributed by atoms with E-state index in [9.17, 15) is 14.4 Å². The van der Waals surface area contributed by atoms with Crippen molar-refractivity contribution in [3.05, 3.63) is 0 Å². The number of rotatable bonds is 4. The van der Waals surface area contributed by atoms with Crippen LogP contribution in [0.3, 0.4) is 0 Å². The van der Waals surface area contributed by atoms with E-state index in [0.717, 1.165) is 0 Å². The van der Waals surface area contributed by atoms with Gasteiger partial charge in [-0.15, -0.1) is 0 Å². The summed E-state index contributed by atoms with van der Waals surface area (Å²) in [4.78, 5) is 35.1. The fraction of sp³-hybridized carbons (Fsp3) is 0.750. The van der Waals surface area contributed by atoms with Gasteiger partial charge in [0.05, 0.1) is 0 Å². The van der Waals surface area contributed by atoms with Crippen LogP contribution in [0.5, 0.6) is 0 Å². The Balaban J connectivity index is 2.52. The van der Waals surface area contributed by atoms with Crippen molar-refractivity contribution in [3.8, 4) is 0 Å². The summed E-state index contributed by atoms with van der Waals surface area (Å²) in [6.45, 7) is 5.27. The highest BCUT2D eigenvalue weighted by Gasteiger charge is 2.29. The van der Waals surface area contributed by atoms with Crippen LogP contribution in [0.25, 0.3) is 0 Å². The number of hydrogen-bond acceptors (Lipinski definition) is 3. The largest absolute Gasteiger partial charge is 0.480 e. The molecule has 1 saturated heterocycles. The molecule has 0 radical (unpaired) electrons. The molecule has 0 bridgehead atoms. The van der Waals surface area contributed by atoms with Gasteiger partial charge in [0, 0.05) is 24.5 Å². The summed E-state index contributed by atoms with van der Waals surface area (Å²) in [5, 5.41) is 14.2. The lowest BCUT2D eigenvalue weighted by Crippen LogP contribution is -2.54. The molecule has 1 atom stereocenters. The topological polar surface area (TPSA) is 98.7 Å². The molecule has 1 aliphatic rings. The number of nitrogens with one attached hydrogen (secondary N) is 2. The van der Waals surface area contributed by atoms with Crippen molar-refractivity contribution in [3.63, 3.8) is 0 Å². The molecular formula is C12H21N3O4. The van der Waals surface area contributed by atoms with Crippen molar-refractivity contribution in [1.29, 1.82) is 0 Å². The standard InChI is InChI=1S/C12H21N3O4/c1-12(2,3)15(7-10(17)18)11(19)13-6-8-4-5-9(16)14-8/h8H,4-7H2,1-3H3,(H,13,19)(H,14,16)(H,17,18). The second kappa shape index (κ2) is 5.90. The predicted octanol–water partition coefficient (Wildman–Crippen LogP) is 0.160. The van der Waals surface area contributed by atoms with Gasteiger partial charge in [0.1, 0.15) is 6.54 Å². The van der Waals surface area contributed by atoms with Crippen LogP contribution >= 0.6 is 0 Å². The first-order valence-corrected chi connectivity index (χ1v) is 6.27. The van der Waals surface area contributed by atoms with Crippen molar-refractivity contribution in [2.45, 2.75) is 45.2 Å². The molecular weight excluding hydrogens is 250 g/mol. The Labute approximate surface area is 112 Å². The highest BCUT2D eigenvalue weighted by molar-refractivity contribution is 5.81. The molecule has 1 fully saturated rings. The summed E-state index contributed by atoms with van der Waals surface area (Å²) in [5.41, 5.74) is -0.582. The fourth-order valence-corrected chi connectivity index (χ4v) is 1.89. The van der Waals surface area contributed by atoms with Crippen molar-refractivity contribution in [2.75, 3.05) is 13.1 Å². The lowest BCUT2D eigenvalue weighted by molar-refractivity contribution is -0.138. The van der Waals surface area contributed by atoms with Crippen LogP contribution in [-0.2, 0) is 9.59 Å². The maximum Gasteiger partial charge on any atom is 0.323 e. The van der Waals surface area contributed by atoms with E-state index in [2.05, 4.69) is 10.6 Å². The minimum Gasteiger partial charge on any atom is -0.480 e. The van der Waals surface area contributed by atoms with Crippen LogP contribution in [0.1, 0.15) is 33.6 Å². The predicted molar refractivity (Wildman–Crippen MR) is 68.7 cm³/mol. The molecule has 0 aromatic rings. The number of carboxylic acid groups (broad SMARTS) is 1. The average molecular weight is 271 g/mol. The molecule has 1 heterocycles. The lowest BCUT2D eigenvalue weighted by atomic mass is 10.1. The zero-order valence-electron chi connectivity index (χ0n) is 11.5. The molecule has 0 spiro atoms. The summed E-state index contributed by atoms with van der Waals surface area (Å²) in [7, 11) is 0. The Morgan fingerprint density at radius 3 is 2.53 bits per heavy atom. The van der Waals surface area contributed by atoms with E-state index in [4.69, 9.17) is 5.11 Å². The van der Waals surface area contributed by atoms with Gasteiger partial charge in [-0.25, -0.2) is 4.79 Å². The fourth-order valence-electron chi connectivity index (χ4n) is 1.89. The van der Waals surface area contributed by atoms with Gasteiger partial charge in [-0.3, -0.25) is 9.59 Å². The maximum absolute atomic E-state index is 12.0. The van der Waals surface area contributed by atoms with Gasteiger partial charge >= 0.3 is 12.0 Å². The van der Waals surface area contributed by atoms with Gasteiger partial charge in [0.25, 0.3) is 0 Å². The number of aliphatic carboxylic acids is 1. The third kappa shape index (κ3) is 4.76. The third-order valence-electron chi connectivity index (χ3n) is 2.93. The van der Waals surface area contributed by atoms with Crippen molar-refractivity contribution in [2.24, 2.45) is 0 Å². The number of amides is 3. The zero-order chi connectivity index (χ0) is 14.6. The highest BCUT2D eigenvalue weighted by atomic mass is 16.4. The Morgan fingerprint density at radius 2 is 2.11 bits per heavy atom. The number of nitrogens with zero attached hydrogens (tertiary/aromatic N) is 1. The Kier molecular flexibility index (Phi) is 4.74. The van der Waals surface area contributed by atoms with Crippen molar-refractivity contribution >= 4 is 17.9 Å². The average Bonchev–Trinajstić information content (AvgIpc) is 2.67. The van der Waals surface area contributed by atoms with E-state index in [1.54, 1.807) is 20.8 Å². The van der Waals surface area contributed by atoms with E-state index < -0.39 is 17.5 Å². The first-order valence-electron chi connectivity index (χ1n) is 6.27. The van der Waals surface area contributed by atoms with Crippen LogP contribution in [0, 0.1) is 0 Å². The SMILES string of the molecule is CC(C)(C)N(CC(=O)O)C(=O)NCC1CCC(=O)N1. The van der Waals surface area contributed by atoms with Crippen molar-refractivity contribution < 1.29 is 19.5 Å². The first-order chi connectivity index (χ1) is 8.70. The molecule has 3 amide bonds. The molecule has 0 aliphatic carbocycles. The summed E-state index contributed by atoms with van der Waals surface area (Å²) in [5.74, 6) is -1.07. The van der Waals surface area contributed by atoms with Gasteiger partial charge in [0.15, 0.2) is 0 Å². The van der Waals surface area contributed by atoms with Crippen LogP contribution in [-0.4, -0.2) is 52.6 Å². The van der Waals surface area contributed by atoms with Crippen LogP contribution in [0.15, 0.2) is 0 Å². The molecule has 1 aliphatic heterocycles. The van der Waals surface area contributed by atoms with Gasteiger partial charge in [-0.1, -0.05) is 0 Å². The molecule has 108 valence electrons. The molecule has 1 rings (SSSR count). The number of carbonyl (C=O) groups excluding carboxylic acids is 2. The normalized spacial score (nSPS) is 18.9. The molecule has 7 nitrogen and oxygen atoms in total. The number of carboxylic acids is 1. The minimum atomic E-state index is -1.06. The molecule has 3 N–H and O–H groups in total. The Bertz CT molecular complexity index is 376. The third-order valence-corrected chi connectivity index (χ3v) is 2.93. The quantitative estimate of drug-likeness (QED) is 0.678. The van der Waals surface area contributed by atoms with Crippen LogP contribution in [0.4, 0.5) is 4.79 Å². The monoisotopic (exact) mass is 271 g/mol. The molecule has 7 heteroatoms. The molecule has 0 aromatic carbocycles. The van der Waals surface area contributed by atoms with Gasteiger partial charge in [0.2, 0.25) is 5.91 Å². The summed E-state index contributed by atoms with van der Waals surface area (Å²) >= 11 is 0. The van der Waals surface area contributed by atoms with Gasteiger partial charge < -0.3 is 20.6 Å². The molecule has 19 heavy (non-hydrogen) atoms. The summed E-state index contributed by atoms with van der Waals surface area (Å²) in [6.07, 6.45) is 1.16. The van der Waals surface area contributed by atoms with E-state index in [1.165, 1.54) is 4.90 Å². The van der Waals surface area contributed by atoms with Gasteiger partial charge in [-0.2, -0.15) is 0 Å². The Hall–Kier alpha value is -1.79. The van der Waals surface area contributed by atoms with E-state index in [-0.39, 0.29) is 18.5 Å². The number of carbonyl (C=O) groups is 3. The van der Waals surface area contributed by atoms with E-state index >= 15 is 0 Å². The zero-order valence-corrected chi connectivity index (χ0v) is 11.5. The minimum absolute atomic E-state index is 0.0162. The number of urea groups is 1. The lowest BCUT2D eigenvalue weighted by Gasteiger charge is -2.34.